The molecule has 3 rings (SSSR count). The number of halogens is 1. The van der Waals surface area contributed by atoms with Gasteiger partial charge in [-0.1, -0.05) is 24.9 Å². The van der Waals surface area contributed by atoms with Gasteiger partial charge in [-0.3, -0.25) is 4.68 Å². The summed E-state index contributed by atoms with van der Waals surface area (Å²) in [5.41, 5.74) is 1.93. The van der Waals surface area contributed by atoms with E-state index in [4.69, 9.17) is 11.6 Å². The quantitative estimate of drug-likeness (QED) is 0.905. The minimum atomic E-state index is -0.281. The minimum Gasteiger partial charge on any atom is -0.393 e. The summed E-state index contributed by atoms with van der Waals surface area (Å²) in [5.74, 6) is 2.56. The molecule has 0 spiro atoms. The van der Waals surface area contributed by atoms with Crippen molar-refractivity contribution in [1.29, 1.82) is 0 Å². The standard InChI is InChI=1S/C16H25ClN2O/c1-3-14-16(17)15(19(2)18-14)9-13(20)8-12-7-10-4-5-11(12)6-10/h10-13,20H,3-9H2,1-2H3. The first-order chi connectivity index (χ1) is 9.58. The molecule has 1 heterocycles. The van der Waals surface area contributed by atoms with Gasteiger partial charge in [-0.25, -0.2) is 0 Å². The van der Waals surface area contributed by atoms with Crippen LogP contribution in [0.2, 0.25) is 5.02 Å². The number of hydrogen-bond donors (Lipinski definition) is 1. The van der Waals surface area contributed by atoms with Crippen molar-refractivity contribution in [2.24, 2.45) is 24.8 Å². The fourth-order valence-corrected chi connectivity index (χ4v) is 4.73. The number of aryl methyl sites for hydroxylation is 2. The zero-order chi connectivity index (χ0) is 14.3. The predicted molar refractivity (Wildman–Crippen MR) is 80.9 cm³/mol. The van der Waals surface area contributed by atoms with Crippen molar-refractivity contribution in [3.63, 3.8) is 0 Å². The summed E-state index contributed by atoms with van der Waals surface area (Å²) >= 11 is 6.36. The van der Waals surface area contributed by atoms with Crippen LogP contribution in [0, 0.1) is 17.8 Å². The molecule has 20 heavy (non-hydrogen) atoms. The van der Waals surface area contributed by atoms with Crippen molar-refractivity contribution < 1.29 is 5.11 Å². The highest BCUT2D eigenvalue weighted by Gasteiger charge is 2.40. The second-order valence-electron chi connectivity index (χ2n) is 6.71. The van der Waals surface area contributed by atoms with E-state index in [2.05, 4.69) is 12.0 Å². The fraction of sp³-hybridized carbons (Fsp3) is 0.812. The SMILES string of the molecule is CCc1nn(C)c(CC(O)CC2CC3CCC2C3)c1Cl. The van der Waals surface area contributed by atoms with Crippen molar-refractivity contribution >= 4 is 11.6 Å². The minimum absolute atomic E-state index is 0.281. The number of rotatable bonds is 5. The Labute approximate surface area is 126 Å². The third-order valence-electron chi connectivity index (χ3n) is 5.39. The first kappa shape index (κ1) is 14.4. The Bertz CT molecular complexity index is 485. The molecule has 0 saturated heterocycles. The number of fused-ring (bicyclic) bond motifs is 2. The molecule has 4 unspecified atom stereocenters. The van der Waals surface area contributed by atoms with E-state index < -0.39 is 0 Å². The smallest absolute Gasteiger partial charge is 0.0850 e. The predicted octanol–water partition coefficient (Wildman–Crippen LogP) is 3.37. The van der Waals surface area contributed by atoms with Crippen LogP contribution in [0.5, 0.6) is 0 Å². The molecular weight excluding hydrogens is 272 g/mol. The maximum Gasteiger partial charge on any atom is 0.0850 e. The molecule has 2 aliphatic carbocycles. The molecule has 2 bridgehead atoms. The highest BCUT2D eigenvalue weighted by molar-refractivity contribution is 6.31. The topological polar surface area (TPSA) is 38.0 Å². The highest BCUT2D eigenvalue weighted by atomic mass is 35.5. The normalized spacial score (nSPS) is 30.1. The molecule has 0 amide bonds. The van der Waals surface area contributed by atoms with Crippen molar-refractivity contribution in [3.8, 4) is 0 Å². The molecule has 1 aromatic heterocycles. The summed E-state index contributed by atoms with van der Waals surface area (Å²) in [7, 11) is 1.92. The van der Waals surface area contributed by atoms with Crippen LogP contribution in [0.25, 0.3) is 0 Å². The Morgan fingerprint density at radius 3 is 2.75 bits per heavy atom. The van der Waals surface area contributed by atoms with E-state index in [-0.39, 0.29) is 6.10 Å². The summed E-state index contributed by atoms with van der Waals surface area (Å²) < 4.78 is 1.84. The van der Waals surface area contributed by atoms with E-state index in [1.165, 1.54) is 25.7 Å². The molecule has 2 saturated carbocycles. The largest absolute Gasteiger partial charge is 0.393 e. The van der Waals surface area contributed by atoms with Crippen molar-refractivity contribution in [2.75, 3.05) is 0 Å². The maximum atomic E-state index is 10.4. The molecule has 2 fully saturated rings. The maximum absolute atomic E-state index is 10.4. The zero-order valence-corrected chi connectivity index (χ0v) is 13.2. The summed E-state index contributed by atoms with van der Waals surface area (Å²) in [5, 5.41) is 15.6. The van der Waals surface area contributed by atoms with Gasteiger partial charge >= 0.3 is 0 Å². The average molecular weight is 297 g/mol. The molecule has 4 heteroatoms. The van der Waals surface area contributed by atoms with E-state index >= 15 is 0 Å². The van der Waals surface area contributed by atoms with Crippen molar-refractivity contribution in [1.82, 2.24) is 9.78 Å². The van der Waals surface area contributed by atoms with Gasteiger partial charge in [0.25, 0.3) is 0 Å². The Morgan fingerprint density at radius 2 is 2.20 bits per heavy atom. The van der Waals surface area contributed by atoms with Gasteiger partial charge in [0.05, 0.1) is 22.5 Å². The number of hydrogen-bond acceptors (Lipinski definition) is 2. The Hall–Kier alpha value is -0.540. The van der Waals surface area contributed by atoms with Gasteiger partial charge in [0.2, 0.25) is 0 Å². The monoisotopic (exact) mass is 296 g/mol. The summed E-state index contributed by atoms with van der Waals surface area (Å²) in [4.78, 5) is 0. The van der Waals surface area contributed by atoms with Gasteiger partial charge in [-0.2, -0.15) is 5.10 Å². The second kappa shape index (κ2) is 5.69. The van der Waals surface area contributed by atoms with Crippen LogP contribution in [-0.4, -0.2) is 21.0 Å². The third-order valence-corrected chi connectivity index (χ3v) is 5.83. The van der Waals surface area contributed by atoms with Gasteiger partial charge in [-0.05, 0) is 49.9 Å². The van der Waals surface area contributed by atoms with Gasteiger partial charge in [0.1, 0.15) is 0 Å². The van der Waals surface area contributed by atoms with Crippen LogP contribution in [0.3, 0.4) is 0 Å². The molecule has 3 nitrogen and oxygen atoms in total. The highest BCUT2D eigenvalue weighted by Crippen LogP contribution is 2.50. The molecule has 2 aliphatic rings. The first-order valence-electron chi connectivity index (χ1n) is 7.96. The average Bonchev–Trinajstić information content (AvgIpc) is 3.09. The molecular formula is C16H25ClN2O. The van der Waals surface area contributed by atoms with Crippen LogP contribution in [0.4, 0.5) is 0 Å². The lowest BCUT2D eigenvalue weighted by molar-refractivity contribution is 0.123. The summed E-state index contributed by atoms with van der Waals surface area (Å²) in [6.07, 6.45) is 7.68. The third kappa shape index (κ3) is 2.62. The number of aliphatic hydroxyl groups is 1. The van der Waals surface area contributed by atoms with Crippen LogP contribution >= 0.6 is 11.6 Å². The Balaban J connectivity index is 1.61. The molecule has 0 radical (unpaired) electrons. The number of aromatic nitrogens is 2. The number of nitrogens with zero attached hydrogens (tertiary/aromatic N) is 2. The zero-order valence-electron chi connectivity index (χ0n) is 12.5. The van der Waals surface area contributed by atoms with Crippen LogP contribution in [0.1, 0.15) is 50.4 Å². The van der Waals surface area contributed by atoms with Crippen LogP contribution < -0.4 is 0 Å². The van der Waals surface area contributed by atoms with E-state index in [1.54, 1.807) is 0 Å². The van der Waals surface area contributed by atoms with E-state index in [0.717, 1.165) is 47.0 Å². The lowest BCUT2D eigenvalue weighted by Crippen LogP contribution is -2.21. The lowest BCUT2D eigenvalue weighted by atomic mass is 9.84. The molecule has 1 N–H and O–H groups in total. The van der Waals surface area contributed by atoms with E-state index in [9.17, 15) is 5.11 Å². The molecule has 4 atom stereocenters. The number of aliphatic hydroxyl groups excluding tert-OH is 1. The van der Waals surface area contributed by atoms with Crippen molar-refractivity contribution in [3.05, 3.63) is 16.4 Å². The fourth-order valence-electron chi connectivity index (χ4n) is 4.36. The van der Waals surface area contributed by atoms with Gasteiger partial charge in [-0.15, -0.1) is 0 Å². The van der Waals surface area contributed by atoms with Gasteiger partial charge < -0.3 is 5.11 Å². The summed E-state index contributed by atoms with van der Waals surface area (Å²) in [6, 6.07) is 0. The molecule has 1 aromatic rings. The van der Waals surface area contributed by atoms with Gasteiger partial charge in [0.15, 0.2) is 0 Å². The Morgan fingerprint density at radius 1 is 1.40 bits per heavy atom. The van der Waals surface area contributed by atoms with E-state index in [1.807, 2.05) is 11.7 Å². The first-order valence-corrected chi connectivity index (χ1v) is 8.34. The van der Waals surface area contributed by atoms with E-state index in [0.29, 0.717) is 6.42 Å². The van der Waals surface area contributed by atoms with Gasteiger partial charge in [0, 0.05) is 13.5 Å². The second-order valence-corrected chi connectivity index (χ2v) is 7.09. The molecule has 112 valence electrons. The summed E-state index contributed by atoms with van der Waals surface area (Å²) in [6.45, 7) is 2.06. The molecule has 0 aliphatic heterocycles. The van der Waals surface area contributed by atoms with Crippen LogP contribution in [0.15, 0.2) is 0 Å². The molecule has 0 aromatic carbocycles. The Kier molecular flexibility index (Phi) is 4.09. The van der Waals surface area contributed by atoms with Crippen LogP contribution in [-0.2, 0) is 19.9 Å². The lowest BCUT2D eigenvalue weighted by Gasteiger charge is -2.24. The van der Waals surface area contributed by atoms with Crippen molar-refractivity contribution in [2.45, 2.75) is 58.0 Å².